The zero-order chi connectivity index (χ0) is 15.8. The maximum Gasteiger partial charge on any atom is 0.425 e. The van der Waals surface area contributed by atoms with Gasteiger partial charge in [-0.15, -0.1) is 0 Å². The van der Waals surface area contributed by atoms with Crippen LogP contribution in [-0.4, -0.2) is 15.8 Å². The van der Waals surface area contributed by atoms with Crippen molar-refractivity contribution in [3.8, 4) is 0 Å². The zero-order valence-electron chi connectivity index (χ0n) is 11.6. The molecule has 0 aliphatic rings. The lowest BCUT2D eigenvalue weighted by Gasteiger charge is -2.29. The maximum absolute atomic E-state index is 13.4. The predicted octanol–water partition coefficient (Wildman–Crippen LogP) is 2.19. The molecule has 0 aliphatic carbocycles. The molecule has 0 radical (unpaired) electrons. The van der Waals surface area contributed by atoms with E-state index in [0.717, 1.165) is 10.9 Å². The van der Waals surface area contributed by atoms with Gasteiger partial charge < -0.3 is 10.3 Å². The summed E-state index contributed by atoms with van der Waals surface area (Å²) in [5, 5.41) is 21.7. The monoisotopic (exact) mass is 300 g/mol. The second kappa shape index (κ2) is 5.07. The topological polar surface area (TPSA) is 52.1 Å². The quantitative estimate of drug-likeness (QED) is 0.698. The van der Waals surface area contributed by atoms with Crippen LogP contribution in [0.4, 0.5) is 13.2 Å². The standard InChI is InChI=1S/C14H15F3N2O2/c1-10-11(2)19(21)9-18(10)8-13(20,14(15,16)17)12-6-4-3-5-7-12/h3-7,9,20H,8H2,1-2H3/t13-/m1/s1. The minimum Gasteiger partial charge on any atom is -0.711 e. The van der Waals surface area contributed by atoms with Gasteiger partial charge in [0.05, 0.1) is 0 Å². The largest absolute Gasteiger partial charge is 0.711 e. The van der Waals surface area contributed by atoms with Gasteiger partial charge in [0.25, 0.3) is 0 Å². The first-order chi connectivity index (χ1) is 9.67. The second-order valence-electron chi connectivity index (χ2n) is 4.96. The van der Waals surface area contributed by atoms with Gasteiger partial charge in [0.2, 0.25) is 11.9 Å². The molecular weight excluding hydrogens is 285 g/mol. The molecule has 1 heterocycles. The lowest BCUT2D eigenvalue weighted by atomic mass is 9.93. The number of nitrogens with zero attached hydrogens (tertiary/aromatic N) is 2. The first-order valence-electron chi connectivity index (χ1n) is 6.27. The Morgan fingerprint density at radius 1 is 1.19 bits per heavy atom. The highest BCUT2D eigenvalue weighted by atomic mass is 19.4. The molecule has 0 saturated heterocycles. The molecular formula is C14H15F3N2O2. The molecule has 1 aromatic heterocycles. The van der Waals surface area contributed by atoms with Crippen LogP contribution in [0.15, 0.2) is 36.7 Å². The maximum atomic E-state index is 13.4. The molecule has 21 heavy (non-hydrogen) atoms. The second-order valence-corrected chi connectivity index (χ2v) is 4.96. The number of benzene rings is 1. The summed E-state index contributed by atoms with van der Waals surface area (Å²) in [7, 11) is 0. The van der Waals surface area contributed by atoms with Gasteiger partial charge in [-0.1, -0.05) is 30.3 Å². The number of aromatic nitrogens is 2. The lowest BCUT2D eigenvalue weighted by Crippen LogP contribution is -2.46. The van der Waals surface area contributed by atoms with Crippen molar-refractivity contribution >= 4 is 0 Å². The van der Waals surface area contributed by atoms with E-state index in [1.165, 1.54) is 38.1 Å². The van der Waals surface area contributed by atoms with E-state index < -0.39 is 18.3 Å². The summed E-state index contributed by atoms with van der Waals surface area (Å²) in [6.07, 6.45) is -3.86. The molecule has 0 amide bonds. The van der Waals surface area contributed by atoms with Crippen LogP contribution >= 0.6 is 0 Å². The van der Waals surface area contributed by atoms with Crippen LogP contribution in [-0.2, 0) is 12.1 Å². The van der Waals surface area contributed by atoms with E-state index >= 15 is 0 Å². The molecule has 0 spiro atoms. The Balaban J connectivity index is 2.50. The van der Waals surface area contributed by atoms with Crippen LogP contribution in [0.2, 0.25) is 0 Å². The van der Waals surface area contributed by atoms with Crippen LogP contribution < -0.4 is 4.73 Å². The van der Waals surface area contributed by atoms with Crippen molar-refractivity contribution in [2.75, 3.05) is 0 Å². The molecule has 0 aliphatic heterocycles. The normalized spacial score (nSPS) is 15.0. The summed E-state index contributed by atoms with van der Waals surface area (Å²) < 4.78 is 41.7. The third-order valence-corrected chi connectivity index (χ3v) is 3.65. The number of hydrogen-bond donors (Lipinski definition) is 1. The SMILES string of the molecule is Cc1c(C)[n+]([O-])cn1C[C@@](O)(c1ccccc1)C(F)(F)F. The number of halogens is 3. The molecule has 0 fully saturated rings. The first-order valence-corrected chi connectivity index (χ1v) is 6.27. The number of aliphatic hydroxyl groups is 1. The Hall–Kier alpha value is -2.02. The average molecular weight is 300 g/mol. The molecule has 2 rings (SSSR count). The minimum absolute atomic E-state index is 0.263. The number of imidazole rings is 1. The Morgan fingerprint density at radius 2 is 1.76 bits per heavy atom. The van der Waals surface area contributed by atoms with Gasteiger partial charge in [-0.05, 0) is 5.56 Å². The summed E-state index contributed by atoms with van der Waals surface area (Å²) in [4.78, 5) is 0. The van der Waals surface area contributed by atoms with Crippen molar-refractivity contribution in [1.82, 2.24) is 4.57 Å². The molecule has 114 valence electrons. The van der Waals surface area contributed by atoms with E-state index in [0.29, 0.717) is 16.1 Å². The van der Waals surface area contributed by atoms with E-state index in [1.54, 1.807) is 6.07 Å². The van der Waals surface area contributed by atoms with E-state index in [9.17, 15) is 23.5 Å². The van der Waals surface area contributed by atoms with E-state index in [2.05, 4.69) is 0 Å². The molecule has 0 unspecified atom stereocenters. The average Bonchev–Trinajstić information content (AvgIpc) is 2.66. The molecule has 0 bridgehead atoms. The summed E-state index contributed by atoms with van der Waals surface area (Å²) in [5.41, 5.74) is -2.64. The van der Waals surface area contributed by atoms with Crippen LogP contribution in [0.1, 0.15) is 17.0 Å². The number of rotatable bonds is 3. The van der Waals surface area contributed by atoms with Crippen LogP contribution in [0.3, 0.4) is 0 Å². The Bertz CT molecular complexity index is 638. The summed E-state index contributed by atoms with van der Waals surface area (Å²) in [6.45, 7) is 2.27. The number of hydrogen-bond acceptors (Lipinski definition) is 2. The fourth-order valence-corrected chi connectivity index (χ4v) is 2.13. The smallest absolute Gasteiger partial charge is 0.425 e. The third-order valence-electron chi connectivity index (χ3n) is 3.65. The first kappa shape index (κ1) is 15.4. The highest BCUT2D eigenvalue weighted by molar-refractivity contribution is 5.24. The van der Waals surface area contributed by atoms with Crippen molar-refractivity contribution in [3.63, 3.8) is 0 Å². The molecule has 1 atom stereocenters. The third kappa shape index (κ3) is 2.61. The molecule has 2 aromatic rings. The minimum atomic E-state index is -4.87. The van der Waals surface area contributed by atoms with Gasteiger partial charge >= 0.3 is 6.18 Å². The Morgan fingerprint density at radius 3 is 2.19 bits per heavy atom. The molecule has 4 nitrogen and oxygen atoms in total. The van der Waals surface area contributed by atoms with Gasteiger partial charge in [0.1, 0.15) is 17.9 Å². The van der Waals surface area contributed by atoms with Gasteiger partial charge in [0.15, 0.2) is 0 Å². The highest BCUT2D eigenvalue weighted by Crippen LogP contribution is 2.40. The van der Waals surface area contributed by atoms with Crippen LogP contribution in [0.5, 0.6) is 0 Å². The Kier molecular flexibility index (Phi) is 3.71. The molecule has 7 heteroatoms. The van der Waals surface area contributed by atoms with Crippen molar-refractivity contribution in [2.45, 2.75) is 32.2 Å². The number of alkyl halides is 3. The molecule has 1 aromatic carbocycles. The van der Waals surface area contributed by atoms with Gasteiger partial charge in [-0.2, -0.15) is 13.2 Å². The molecule has 0 saturated carbocycles. The van der Waals surface area contributed by atoms with Crippen molar-refractivity contribution < 1.29 is 23.0 Å². The van der Waals surface area contributed by atoms with Gasteiger partial charge in [-0.25, -0.2) is 9.30 Å². The van der Waals surface area contributed by atoms with Crippen molar-refractivity contribution in [3.05, 3.63) is 58.8 Å². The fourth-order valence-electron chi connectivity index (χ4n) is 2.13. The van der Waals surface area contributed by atoms with Gasteiger partial charge in [-0.3, -0.25) is 0 Å². The lowest BCUT2D eigenvalue weighted by molar-refractivity contribution is -0.611. The van der Waals surface area contributed by atoms with E-state index in [-0.39, 0.29) is 5.56 Å². The van der Waals surface area contributed by atoms with Crippen molar-refractivity contribution in [2.24, 2.45) is 0 Å². The zero-order valence-corrected chi connectivity index (χ0v) is 11.6. The van der Waals surface area contributed by atoms with Crippen LogP contribution in [0, 0.1) is 19.1 Å². The van der Waals surface area contributed by atoms with E-state index in [4.69, 9.17) is 0 Å². The predicted molar refractivity (Wildman–Crippen MR) is 69.3 cm³/mol. The molecule has 1 N–H and O–H groups in total. The summed E-state index contributed by atoms with van der Waals surface area (Å²) in [6, 6.07) is 6.84. The van der Waals surface area contributed by atoms with Crippen LogP contribution in [0.25, 0.3) is 0 Å². The summed E-state index contributed by atoms with van der Waals surface area (Å²) in [5.74, 6) is 0. The Labute approximate surface area is 119 Å². The van der Waals surface area contributed by atoms with E-state index in [1.807, 2.05) is 0 Å². The fraction of sp³-hybridized carbons (Fsp3) is 0.357. The van der Waals surface area contributed by atoms with Gasteiger partial charge in [0, 0.05) is 13.8 Å². The highest BCUT2D eigenvalue weighted by Gasteiger charge is 2.56. The summed E-state index contributed by atoms with van der Waals surface area (Å²) >= 11 is 0. The van der Waals surface area contributed by atoms with Crippen molar-refractivity contribution in [1.29, 1.82) is 0 Å².